The first-order valence-electron chi connectivity index (χ1n) is 8.16. The van der Waals surface area contributed by atoms with Crippen molar-refractivity contribution in [3.8, 4) is 10.4 Å². The van der Waals surface area contributed by atoms with Gasteiger partial charge in [-0.1, -0.05) is 24.3 Å². The number of thiophene rings is 1. The summed E-state index contributed by atoms with van der Waals surface area (Å²) in [6.07, 6.45) is 0. The second-order valence-corrected chi connectivity index (χ2v) is 7.19. The Balaban J connectivity index is 1.82. The van der Waals surface area contributed by atoms with Crippen LogP contribution in [0.1, 0.15) is 22.8 Å². The van der Waals surface area contributed by atoms with E-state index < -0.39 is 11.5 Å². The maximum Gasteiger partial charge on any atom is 0.255 e. The summed E-state index contributed by atoms with van der Waals surface area (Å²) in [6, 6.07) is 15.4. The van der Waals surface area contributed by atoms with E-state index in [0.29, 0.717) is 22.5 Å². The Morgan fingerprint density at radius 3 is 2.41 bits per heavy atom. The molecule has 6 nitrogen and oxygen atoms in total. The Morgan fingerprint density at radius 1 is 1.11 bits per heavy atom. The molecule has 6 N–H and O–H groups in total. The van der Waals surface area contributed by atoms with Crippen LogP contribution in [-0.4, -0.2) is 16.9 Å². The van der Waals surface area contributed by atoms with E-state index in [4.69, 9.17) is 11.5 Å². The molecule has 0 saturated heterocycles. The van der Waals surface area contributed by atoms with Crippen molar-refractivity contribution < 1.29 is 14.7 Å². The molecule has 3 rings (SSSR count). The predicted molar refractivity (Wildman–Crippen MR) is 107 cm³/mol. The molecule has 0 aliphatic heterocycles. The molecule has 0 bridgehead atoms. The first-order chi connectivity index (χ1) is 12.8. The molecule has 2 aromatic carbocycles. The van der Waals surface area contributed by atoms with E-state index in [0.717, 1.165) is 10.4 Å². The second kappa shape index (κ2) is 7.22. The van der Waals surface area contributed by atoms with E-state index in [1.165, 1.54) is 31.2 Å². The highest BCUT2D eigenvalue weighted by Crippen LogP contribution is 2.30. The molecule has 0 fully saturated rings. The lowest BCUT2D eigenvalue weighted by molar-refractivity contribution is -0.135. The van der Waals surface area contributed by atoms with Crippen LogP contribution in [0.15, 0.2) is 60.0 Å². The molecule has 0 spiro atoms. The quantitative estimate of drug-likeness (QED) is 0.508. The molecule has 1 aromatic heterocycles. The van der Waals surface area contributed by atoms with Crippen molar-refractivity contribution in [2.45, 2.75) is 12.5 Å². The van der Waals surface area contributed by atoms with Gasteiger partial charge >= 0.3 is 0 Å². The van der Waals surface area contributed by atoms with Crippen LogP contribution in [-0.2, 0) is 10.4 Å². The lowest BCUT2D eigenvalue weighted by atomic mass is 9.94. The topological polar surface area (TPSA) is 118 Å². The normalized spacial score (nSPS) is 13.0. The van der Waals surface area contributed by atoms with Gasteiger partial charge in [0.05, 0.1) is 11.4 Å². The molecule has 138 valence electrons. The molecule has 27 heavy (non-hydrogen) atoms. The predicted octanol–water partition coefficient (Wildman–Crippen LogP) is 2.94. The number of amides is 2. The van der Waals surface area contributed by atoms with Crippen molar-refractivity contribution in [2.75, 3.05) is 11.1 Å². The highest BCUT2D eigenvalue weighted by atomic mass is 32.1. The number of nitrogens with two attached hydrogens (primary N) is 2. The Labute approximate surface area is 160 Å². The number of hydrogen-bond acceptors (Lipinski definition) is 5. The molecule has 0 saturated carbocycles. The molecule has 7 heteroatoms. The van der Waals surface area contributed by atoms with Gasteiger partial charge in [-0.15, -0.1) is 11.3 Å². The number of carbonyl (C=O) groups is 2. The summed E-state index contributed by atoms with van der Waals surface area (Å²) in [5.74, 6) is -1.21. The van der Waals surface area contributed by atoms with Gasteiger partial charge in [-0.3, -0.25) is 9.59 Å². The lowest BCUT2D eigenvalue weighted by Crippen LogP contribution is -2.38. The number of primary amides is 1. The Bertz CT molecular complexity index is 980. The third-order valence-corrected chi connectivity index (χ3v) is 5.22. The van der Waals surface area contributed by atoms with Gasteiger partial charge < -0.3 is 21.9 Å². The molecule has 0 radical (unpaired) electrons. The minimum Gasteiger partial charge on any atom is -0.397 e. The average Bonchev–Trinajstić information content (AvgIpc) is 3.18. The van der Waals surface area contributed by atoms with Gasteiger partial charge in [0.15, 0.2) is 5.60 Å². The van der Waals surface area contributed by atoms with E-state index >= 15 is 0 Å². The zero-order valence-electron chi connectivity index (χ0n) is 14.6. The summed E-state index contributed by atoms with van der Waals surface area (Å²) in [5, 5.41) is 14.9. The van der Waals surface area contributed by atoms with Crippen molar-refractivity contribution in [1.29, 1.82) is 0 Å². The van der Waals surface area contributed by atoms with Crippen LogP contribution >= 0.6 is 11.3 Å². The number of anilines is 2. The monoisotopic (exact) mass is 381 g/mol. The van der Waals surface area contributed by atoms with Crippen LogP contribution in [0.25, 0.3) is 10.4 Å². The minimum atomic E-state index is -1.80. The summed E-state index contributed by atoms with van der Waals surface area (Å²) in [7, 11) is 0. The number of carbonyl (C=O) groups excluding carboxylic acids is 2. The molecule has 3 aromatic rings. The van der Waals surface area contributed by atoms with Gasteiger partial charge in [0, 0.05) is 10.4 Å². The number of aliphatic hydroxyl groups is 1. The lowest BCUT2D eigenvalue weighted by Gasteiger charge is -2.19. The third kappa shape index (κ3) is 3.84. The van der Waals surface area contributed by atoms with E-state index in [1.54, 1.807) is 17.4 Å². The molecule has 0 aliphatic carbocycles. The van der Waals surface area contributed by atoms with Crippen molar-refractivity contribution in [1.82, 2.24) is 0 Å². The van der Waals surface area contributed by atoms with Gasteiger partial charge in [0.2, 0.25) is 0 Å². The number of benzene rings is 2. The van der Waals surface area contributed by atoms with E-state index in [9.17, 15) is 14.7 Å². The molecular formula is C20H19N3O3S. The maximum atomic E-state index is 12.5. The molecule has 0 aliphatic rings. The molecule has 2 amide bonds. The van der Waals surface area contributed by atoms with Gasteiger partial charge in [0.25, 0.3) is 11.8 Å². The number of nitrogens with one attached hydrogen (secondary N) is 1. The molecule has 1 unspecified atom stereocenters. The molecule has 1 heterocycles. The number of rotatable bonds is 5. The smallest absolute Gasteiger partial charge is 0.255 e. The van der Waals surface area contributed by atoms with Crippen LogP contribution < -0.4 is 16.8 Å². The van der Waals surface area contributed by atoms with Gasteiger partial charge in [0.1, 0.15) is 0 Å². The zero-order valence-corrected chi connectivity index (χ0v) is 15.4. The minimum absolute atomic E-state index is 0.311. The van der Waals surface area contributed by atoms with Crippen LogP contribution in [0.3, 0.4) is 0 Å². The largest absolute Gasteiger partial charge is 0.397 e. The highest BCUT2D eigenvalue weighted by Gasteiger charge is 2.29. The summed E-state index contributed by atoms with van der Waals surface area (Å²) in [5.41, 5.74) is 12.0. The van der Waals surface area contributed by atoms with Crippen LogP contribution in [0.5, 0.6) is 0 Å². The Hall–Kier alpha value is -3.16. The number of hydrogen-bond donors (Lipinski definition) is 4. The fourth-order valence-corrected chi connectivity index (χ4v) is 3.27. The van der Waals surface area contributed by atoms with Crippen LogP contribution in [0, 0.1) is 0 Å². The zero-order chi connectivity index (χ0) is 19.6. The van der Waals surface area contributed by atoms with Crippen LogP contribution in [0.4, 0.5) is 11.4 Å². The fourth-order valence-electron chi connectivity index (χ4n) is 2.54. The average molecular weight is 381 g/mol. The summed E-state index contributed by atoms with van der Waals surface area (Å²) < 4.78 is 0. The van der Waals surface area contributed by atoms with Crippen LogP contribution in [0.2, 0.25) is 0 Å². The Kier molecular flexibility index (Phi) is 4.98. The fraction of sp³-hybridized carbons (Fsp3) is 0.100. The van der Waals surface area contributed by atoms with E-state index in [-0.39, 0.29) is 5.91 Å². The summed E-state index contributed by atoms with van der Waals surface area (Å²) in [4.78, 5) is 24.9. The highest BCUT2D eigenvalue weighted by molar-refractivity contribution is 7.13. The molecule has 1 atom stereocenters. The Morgan fingerprint density at radius 2 is 1.81 bits per heavy atom. The summed E-state index contributed by atoms with van der Waals surface area (Å²) in [6.45, 7) is 1.31. The van der Waals surface area contributed by atoms with Gasteiger partial charge in [-0.05, 0) is 53.8 Å². The third-order valence-electron chi connectivity index (χ3n) is 4.30. The van der Waals surface area contributed by atoms with Gasteiger partial charge in [-0.25, -0.2) is 0 Å². The van der Waals surface area contributed by atoms with Crippen molar-refractivity contribution in [3.63, 3.8) is 0 Å². The first-order valence-corrected chi connectivity index (χ1v) is 9.04. The standard InChI is InChI=1S/C20H19N3O3S/c1-20(26,19(22)25)14-7-4-12(5-8-14)18(24)23-16-11-13(6-9-15(16)21)17-3-2-10-27-17/h2-11,26H,21H2,1H3,(H2,22,25)(H,23,24). The number of nitrogen functional groups attached to an aromatic ring is 1. The van der Waals surface area contributed by atoms with E-state index in [2.05, 4.69) is 5.32 Å². The van der Waals surface area contributed by atoms with Gasteiger partial charge in [-0.2, -0.15) is 0 Å². The SMILES string of the molecule is CC(O)(C(N)=O)c1ccc(C(=O)Nc2cc(-c3cccs3)ccc2N)cc1. The van der Waals surface area contributed by atoms with Crippen molar-refractivity contribution in [3.05, 3.63) is 71.1 Å². The van der Waals surface area contributed by atoms with Crippen molar-refractivity contribution in [2.24, 2.45) is 5.73 Å². The molecular weight excluding hydrogens is 362 g/mol. The maximum absolute atomic E-state index is 12.5. The second-order valence-electron chi connectivity index (χ2n) is 6.25. The first kappa shape index (κ1) is 18.6. The summed E-state index contributed by atoms with van der Waals surface area (Å²) >= 11 is 1.60. The van der Waals surface area contributed by atoms with E-state index in [1.807, 2.05) is 29.6 Å². The van der Waals surface area contributed by atoms with Crippen molar-refractivity contribution >= 4 is 34.5 Å².